The number of hydroxylamine groups is 1. The summed E-state index contributed by atoms with van der Waals surface area (Å²) in [6, 6.07) is 12.0. The molecule has 3 aromatic rings. The van der Waals surface area contributed by atoms with Gasteiger partial charge in [-0.05, 0) is 47.9 Å². The number of ether oxygens (including phenoxy) is 2. The third kappa shape index (κ3) is 3.07. The zero-order valence-corrected chi connectivity index (χ0v) is 14.3. The molecule has 8 heteroatoms. The third-order valence-electron chi connectivity index (χ3n) is 3.90. The molecule has 0 unspecified atom stereocenters. The van der Waals surface area contributed by atoms with E-state index in [0.717, 1.165) is 10.1 Å². The van der Waals surface area contributed by atoms with E-state index in [1.165, 1.54) is 11.3 Å². The van der Waals surface area contributed by atoms with Crippen LogP contribution in [0.2, 0.25) is 0 Å². The summed E-state index contributed by atoms with van der Waals surface area (Å²) in [4.78, 5) is 24.4. The van der Waals surface area contributed by atoms with Crippen LogP contribution in [0.15, 0.2) is 42.5 Å². The van der Waals surface area contributed by atoms with Gasteiger partial charge in [-0.2, -0.15) is 0 Å². The second-order valence-electron chi connectivity index (χ2n) is 5.62. The fraction of sp³-hybridized carbons (Fsp3) is 0.111. The molecule has 1 aromatic heterocycles. The average molecular weight is 370 g/mol. The van der Waals surface area contributed by atoms with Crippen molar-refractivity contribution < 1.29 is 24.3 Å². The summed E-state index contributed by atoms with van der Waals surface area (Å²) in [6.07, 6.45) is 0. The minimum Gasteiger partial charge on any atom is -0.486 e. The van der Waals surface area contributed by atoms with E-state index in [4.69, 9.17) is 14.7 Å². The van der Waals surface area contributed by atoms with Crippen molar-refractivity contribution >= 4 is 38.9 Å². The van der Waals surface area contributed by atoms with Crippen LogP contribution in [0.5, 0.6) is 11.5 Å². The van der Waals surface area contributed by atoms with Gasteiger partial charge in [0, 0.05) is 16.0 Å². The molecule has 1 aliphatic rings. The second kappa shape index (κ2) is 6.66. The van der Waals surface area contributed by atoms with Gasteiger partial charge in [-0.1, -0.05) is 0 Å². The van der Waals surface area contributed by atoms with Gasteiger partial charge >= 0.3 is 0 Å². The van der Waals surface area contributed by atoms with Crippen LogP contribution in [0.1, 0.15) is 20.0 Å². The molecule has 2 amide bonds. The van der Waals surface area contributed by atoms with Crippen LogP contribution in [0.25, 0.3) is 10.1 Å². The quantitative estimate of drug-likeness (QED) is 0.486. The van der Waals surface area contributed by atoms with Crippen LogP contribution >= 0.6 is 11.3 Å². The van der Waals surface area contributed by atoms with Gasteiger partial charge in [0.05, 0.1) is 4.88 Å². The van der Waals surface area contributed by atoms with Crippen molar-refractivity contribution in [3.8, 4) is 11.5 Å². The molecule has 0 spiro atoms. The number of carbonyl (C=O) groups is 2. The maximum atomic E-state index is 12.5. The van der Waals surface area contributed by atoms with Crippen LogP contribution in [0, 0.1) is 0 Å². The third-order valence-corrected chi connectivity index (χ3v) is 5.02. The monoisotopic (exact) mass is 370 g/mol. The zero-order chi connectivity index (χ0) is 18.1. The van der Waals surface area contributed by atoms with Crippen LogP contribution < -0.4 is 20.3 Å². The molecular weight excluding hydrogens is 356 g/mol. The molecule has 0 saturated heterocycles. The average Bonchev–Trinajstić information content (AvgIpc) is 3.10. The van der Waals surface area contributed by atoms with E-state index in [9.17, 15) is 9.59 Å². The highest BCUT2D eigenvalue weighted by Gasteiger charge is 2.15. The first-order chi connectivity index (χ1) is 12.6. The van der Waals surface area contributed by atoms with Gasteiger partial charge in [0.15, 0.2) is 11.5 Å². The first-order valence-electron chi connectivity index (χ1n) is 7.83. The molecule has 2 aromatic carbocycles. The molecule has 1 aliphatic heterocycles. The number of hydrogen-bond acceptors (Lipinski definition) is 6. The summed E-state index contributed by atoms with van der Waals surface area (Å²) >= 11 is 1.25. The number of nitrogens with one attached hydrogen (secondary N) is 2. The number of rotatable bonds is 3. The molecule has 7 nitrogen and oxygen atoms in total. The van der Waals surface area contributed by atoms with Crippen molar-refractivity contribution in [1.29, 1.82) is 0 Å². The SMILES string of the molecule is O=C(Nc1ccc2sc(C(=O)NO)cc2c1)c1ccc2c(c1)OCCO2. The van der Waals surface area contributed by atoms with Gasteiger partial charge in [-0.3, -0.25) is 14.8 Å². The Morgan fingerprint density at radius 3 is 2.58 bits per heavy atom. The molecular formula is C18H14N2O5S. The molecule has 0 radical (unpaired) electrons. The highest BCUT2D eigenvalue weighted by atomic mass is 32.1. The highest BCUT2D eigenvalue weighted by Crippen LogP contribution is 2.31. The van der Waals surface area contributed by atoms with E-state index in [2.05, 4.69) is 5.32 Å². The number of hydrogen-bond donors (Lipinski definition) is 3. The van der Waals surface area contributed by atoms with Crippen molar-refractivity contribution in [2.75, 3.05) is 18.5 Å². The van der Waals surface area contributed by atoms with Gasteiger partial charge in [-0.15, -0.1) is 11.3 Å². The van der Waals surface area contributed by atoms with Crippen LogP contribution in [0.4, 0.5) is 5.69 Å². The van der Waals surface area contributed by atoms with Crippen molar-refractivity contribution in [2.24, 2.45) is 0 Å². The summed E-state index contributed by atoms with van der Waals surface area (Å²) in [7, 11) is 0. The molecule has 26 heavy (non-hydrogen) atoms. The fourth-order valence-electron chi connectivity index (χ4n) is 2.68. The molecule has 0 saturated carbocycles. The highest BCUT2D eigenvalue weighted by molar-refractivity contribution is 7.20. The molecule has 132 valence electrons. The maximum Gasteiger partial charge on any atom is 0.284 e. The molecule has 2 heterocycles. The Bertz CT molecular complexity index is 1010. The number of fused-ring (bicyclic) bond motifs is 2. The zero-order valence-electron chi connectivity index (χ0n) is 13.4. The van der Waals surface area contributed by atoms with E-state index in [1.807, 2.05) is 6.07 Å². The fourth-order valence-corrected chi connectivity index (χ4v) is 3.61. The van der Waals surface area contributed by atoms with E-state index in [1.54, 1.807) is 41.9 Å². The summed E-state index contributed by atoms with van der Waals surface area (Å²) < 4.78 is 11.8. The Morgan fingerprint density at radius 2 is 1.77 bits per heavy atom. The van der Waals surface area contributed by atoms with Gasteiger partial charge in [0.2, 0.25) is 0 Å². The van der Waals surface area contributed by atoms with E-state index < -0.39 is 5.91 Å². The summed E-state index contributed by atoms with van der Waals surface area (Å²) in [6.45, 7) is 0.951. The Kier molecular flexibility index (Phi) is 4.19. The van der Waals surface area contributed by atoms with E-state index in [-0.39, 0.29) is 5.91 Å². The summed E-state index contributed by atoms with van der Waals surface area (Å²) in [5.41, 5.74) is 2.68. The van der Waals surface area contributed by atoms with Crippen LogP contribution in [0.3, 0.4) is 0 Å². The molecule has 3 N–H and O–H groups in total. The van der Waals surface area contributed by atoms with Crippen molar-refractivity contribution in [3.05, 3.63) is 52.9 Å². The Balaban J connectivity index is 1.56. The Hall–Kier alpha value is -3.10. The minimum atomic E-state index is -0.562. The van der Waals surface area contributed by atoms with Gasteiger partial charge in [-0.25, -0.2) is 5.48 Å². The van der Waals surface area contributed by atoms with Crippen molar-refractivity contribution in [2.45, 2.75) is 0 Å². The van der Waals surface area contributed by atoms with E-state index >= 15 is 0 Å². The number of anilines is 1. The largest absolute Gasteiger partial charge is 0.486 e. The number of thiophene rings is 1. The first-order valence-corrected chi connectivity index (χ1v) is 8.65. The molecule has 4 rings (SSSR count). The van der Waals surface area contributed by atoms with Gasteiger partial charge in [0.25, 0.3) is 11.8 Å². The predicted molar refractivity (Wildman–Crippen MR) is 96.5 cm³/mol. The lowest BCUT2D eigenvalue weighted by Crippen LogP contribution is -2.17. The number of benzene rings is 2. The number of amides is 2. The first kappa shape index (κ1) is 16.4. The molecule has 0 aliphatic carbocycles. The number of carbonyl (C=O) groups excluding carboxylic acids is 2. The smallest absolute Gasteiger partial charge is 0.284 e. The second-order valence-corrected chi connectivity index (χ2v) is 6.70. The Labute approximate surface area is 152 Å². The standard InChI is InChI=1S/C18H14N2O5S/c21-17(10-1-3-13-14(8-10)25-6-5-24-13)19-12-2-4-15-11(7-12)9-16(26-15)18(22)20-23/h1-4,7-9,23H,5-6H2,(H,19,21)(H,20,22). The topological polar surface area (TPSA) is 96.9 Å². The predicted octanol–water partition coefficient (Wildman–Crippen LogP) is 3.04. The lowest BCUT2D eigenvalue weighted by Gasteiger charge is -2.18. The van der Waals surface area contributed by atoms with Crippen LogP contribution in [-0.4, -0.2) is 30.2 Å². The molecule has 0 atom stereocenters. The van der Waals surface area contributed by atoms with Crippen molar-refractivity contribution in [3.63, 3.8) is 0 Å². The van der Waals surface area contributed by atoms with Gasteiger partial charge < -0.3 is 14.8 Å². The van der Waals surface area contributed by atoms with E-state index in [0.29, 0.717) is 40.8 Å². The summed E-state index contributed by atoms with van der Waals surface area (Å²) in [5, 5.41) is 12.4. The lowest BCUT2D eigenvalue weighted by molar-refractivity contribution is 0.0711. The normalized spacial score (nSPS) is 12.7. The Morgan fingerprint density at radius 1 is 0.962 bits per heavy atom. The lowest BCUT2D eigenvalue weighted by atomic mass is 10.1. The molecule has 0 fully saturated rings. The molecule has 0 bridgehead atoms. The minimum absolute atomic E-state index is 0.273. The van der Waals surface area contributed by atoms with Crippen molar-refractivity contribution in [1.82, 2.24) is 5.48 Å². The van der Waals surface area contributed by atoms with Gasteiger partial charge in [0.1, 0.15) is 13.2 Å². The summed E-state index contributed by atoms with van der Waals surface area (Å²) in [5.74, 6) is 0.344. The van der Waals surface area contributed by atoms with Crippen LogP contribution in [-0.2, 0) is 0 Å². The maximum absolute atomic E-state index is 12.5.